The number of amides is 3. The zero-order valence-corrected chi connectivity index (χ0v) is 13.6. The van der Waals surface area contributed by atoms with Gasteiger partial charge in [-0.05, 0) is 55.0 Å². The van der Waals surface area contributed by atoms with Crippen LogP contribution in [0.3, 0.4) is 0 Å². The van der Waals surface area contributed by atoms with Crippen LogP contribution < -0.4 is 11.1 Å². The maximum atomic E-state index is 12.3. The Morgan fingerprint density at radius 2 is 2.14 bits per heavy atom. The van der Waals surface area contributed by atoms with E-state index >= 15 is 0 Å². The predicted octanol–water partition coefficient (Wildman–Crippen LogP) is 2.03. The molecule has 1 aliphatic heterocycles. The van der Waals surface area contributed by atoms with E-state index < -0.39 is 6.03 Å². The normalized spacial score (nSPS) is 21.3. The van der Waals surface area contributed by atoms with Gasteiger partial charge in [0.1, 0.15) is 0 Å². The van der Waals surface area contributed by atoms with Crippen LogP contribution in [0.1, 0.15) is 41.7 Å². The third-order valence-corrected chi connectivity index (χ3v) is 5.84. The number of piperidine rings is 1. The first-order valence-electron chi connectivity index (χ1n) is 8.05. The van der Waals surface area contributed by atoms with Crippen LogP contribution in [0, 0.1) is 5.92 Å². The van der Waals surface area contributed by atoms with Gasteiger partial charge in [0, 0.05) is 24.5 Å². The molecule has 3 amide bonds. The van der Waals surface area contributed by atoms with Gasteiger partial charge in [0.05, 0.1) is 5.92 Å². The molecular formula is C16H23N3O2S. The highest BCUT2D eigenvalue weighted by Gasteiger charge is 2.27. The number of likely N-dealkylation sites (tertiary alicyclic amines) is 1. The van der Waals surface area contributed by atoms with Crippen LogP contribution in [-0.2, 0) is 24.2 Å². The van der Waals surface area contributed by atoms with E-state index in [1.807, 2.05) is 11.3 Å². The van der Waals surface area contributed by atoms with Crippen molar-refractivity contribution in [3.63, 3.8) is 0 Å². The highest BCUT2D eigenvalue weighted by Crippen LogP contribution is 2.30. The third kappa shape index (κ3) is 3.27. The summed E-state index contributed by atoms with van der Waals surface area (Å²) in [5.41, 5.74) is 8.04. The number of urea groups is 1. The van der Waals surface area contributed by atoms with Gasteiger partial charge in [0.15, 0.2) is 0 Å². The SMILES string of the molecule is NC(=O)N1CCC[C@@H](C(=O)NCc2csc3c2CCCC3)C1. The number of carbonyl (C=O) groups is 2. The molecule has 0 unspecified atom stereocenters. The van der Waals surface area contributed by atoms with E-state index in [1.54, 1.807) is 4.90 Å². The maximum absolute atomic E-state index is 12.3. The first-order chi connectivity index (χ1) is 10.6. The van der Waals surface area contributed by atoms with Crippen LogP contribution in [-0.4, -0.2) is 29.9 Å². The van der Waals surface area contributed by atoms with E-state index in [-0.39, 0.29) is 11.8 Å². The lowest BCUT2D eigenvalue weighted by atomic mass is 9.95. The van der Waals surface area contributed by atoms with E-state index in [2.05, 4.69) is 10.7 Å². The van der Waals surface area contributed by atoms with Gasteiger partial charge in [0.2, 0.25) is 5.91 Å². The van der Waals surface area contributed by atoms with Crippen LogP contribution in [0.4, 0.5) is 4.79 Å². The molecular weight excluding hydrogens is 298 g/mol. The fourth-order valence-electron chi connectivity index (χ4n) is 3.43. The highest BCUT2D eigenvalue weighted by atomic mass is 32.1. The minimum Gasteiger partial charge on any atom is -0.352 e. The monoisotopic (exact) mass is 321 g/mol. The second-order valence-electron chi connectivity index (χ2n) is 6.21. The summed E-state index contributed by atoms with van der Waals surface area (Å²) in [5, 5.41) is 5.24. The molecule has 22 heavy (non-hydrogen) atoms. The first-order valence-corrected chi connectivity index (χ1v) is 8.93. The van der Waals surface area contributed by atoms with Crippen molar-refractivity contribution in [1.82, 2.24) is 10.2 Å². The van der Waals surface area contributed by atoms with Gasteiger partial charge in [-0.2, -0.15) is 0 Å². The molecule has 1 aromatic heterocycles. The van der Waals surface area contributed by atoms with Crippen molar-refractivity contribution in [2.24, 2.45) is 11.7 Å². The van der Waals surface area contributed by atoms with Gasteiger partial charge in [-0.3, -0.25) is 4.79 Å². The molecule has 0 radical (unpaired) electrons. The third-order valence-electron chi connectivity index (χ3n) is 4.71. The highest BCUT2D eigenvalue weighted by molar-refractivity contribution is 7.10. The molecule has 1 fully saturated rings. The van der Waals surface area contributed by atoms with Crippen molar-refractivity contribution < 1.29 is 9.59 Å². The van der Waals surface area contributed by atoms with E-state index in [9.17, 15) is 9.59 Å². The number of hydrogen-bond acceptors (Lipinski definition) is 3. The number of primary amides is 1. The molecule has 0 saturated carbocycles. The number of nitrogens with zero attached hydrogens (tertiary/aromatic N) is 1. The van der Waals surface area contributed by atoms with Gasteiger partial charge in [-0.1, -0.05) is 0 Å². The Kier molecular flexibility index (Phi) is 4.66. The predicted molar refractivity (Wildman–Crippen MR) is 86.7 cm³/mol. The fraction of sp³-hybridized carbons (Fsp3) is 0.625. The van der Waals surface area contributed by atoms with Gasteiger partial charge in [-0.15, -0.1) is 11.3 Å². The number of thiophene rings is 1. The lowest BCUT2D eigenvalue weighted by Crippen LogP contribution is -2.47. The molecule has 3 rings (SSSR count). The van der Waals surface area contributed by atoms with Gasteiger partial charge in [-0.25, -0.2) is 4.79 Å². The number of rotatable bonds is 3. The molecule has 3 N–H and O–H groups in total. The van der Waals surface area contributed by atoms with Crippen LogP contribution in [0.2, 0.25) is 0 Å². The summed E-state index contributed by atoms with van der Waals surface area (Å²) in [6.45, 7) is 1.72. The lowest BCUT2D eigenvalue weighted by molar-refractivity contribution is -0.126. The van der Waals surface area contributed by atoms with E-state index in [0.29, 0.717) is 19.6 Å². The summed E-state index contributed by atoms with van der Waals surface area (Å²) in [6.07, 6.45) is 6.53. The lowest BCUT2D eigenvalue weighted by Gasteiger charge is -2.30. The average molecular weight is 321 g/mol. The molecule has 2 heterocycles. The van der Waals surface area contributed by atoms with Crippen molar-refractivity contribution in [2.45, 2.75) is 45.1 Å². The van der Waals surface area contributed by atoms with Gasteiger partial charge < -0.3 is 16.0 Å². The molecule has 2 aliphatic rings. The Bertz CT molecular complexity index is 570. The van der Waals surface area contributed by atoms with Crippen molar-refractivity contribution in [1.29, 1.82) is 0 Å². The molecule has 6 heteroatoms. The van der Waals surface area contributed by atoms with Gasteiger partial charge in [0.25, 0.3) is 0 Å². The minimum absolute atomic E-state index is 0.0432. The zero-order valence-electron chi connectivity index (χ0n) is 12.8. The Labute approximate surface area is 134 Å². The standard InChI is InChI=1S/C16H23N3O2S/c17-16(21)19-7-3-4-11(9-19)15(20)18-8-12-10-22-14-6-2-1-5-13(12)14/h10-11H,1-9H2,(H2,17,21)(H,18,20)/t11-/m1/s1. The van der Waals surface area contributed by atoms with E-state index in [1.165, 1.54) is 35.3 Å². The van der Waals surface area contributed by atoms with Crippen LogP contribution in [0.15, 0.2) is 5.38 Å². The Morgan fingerprint density at radius 1 is 1.32 bits per heavy atom. The average Bonchev–Trinajstić information content (AvgIpc) is 2.96. The van der Waals surface area contributed by atoms with E-state index in [0.717, 1.165) is 19.3 Å². The molecule has 5 nitrogen and oxygen atoms in total. The second kappa shape index (κ2) is 6.69. The number of carbonyl (C=O) groups excluding carboxylic acids is 2. The summed E-state index contributed by atoms with van der Waals surface area (Å²) in [4.78, 5) is 26.7. The number of fused-ring (bicyclic) bond motifs is 1. The fourth-order valence-corrected chi connectivity index (χ4v) is 4.57. The Balaban J connectivity index is 1.56. The topological polar surface area (TPSA) is 75.4 Å². The van der Waals surface area contributed by atoms with Crippen molar-refractivity contribution in [2.75, 3.05) is 13.1 Å². The number of nitrogens with one attached hydrogen (secondary N) is 1. The molecule has 1 atom stereocenters. The van der Waals surface area contributed by atoms with Crippen molar-refractivity contribution >= 4 is 23.3 Å². The number of nitrogens with two attached hydrogens (primary N) is 1. The smallest absolute Gasteiger partial charge is 0.314 e. The molecule has 0 bridgehead atoms. The zero-order chi connectivity index (χ0) is 15.5. The van der Waals surface area contributed by atoms with E-state index in [4.69, 9.17) is 5.73 Å². The second-order valence-corrected chi connectivity index (χ2v) is 7.18. The summed E-state index contributed by atoms with van der Waals surface area (Å²) < 4.78 is 0. The van der Waals surface area contributed by atoms with Crippen LogP contribution in [0.25, 0.3) is 0 Å². The van der Waals surface area contributed by atoms with Crippen LogP contribution >= 0.6 is 11.3 Å². The molecule has 120 valence electrons. The number of hydrogen-bond donors (Lipinski definition) is 2. The molecule has 1 aliphatic carbocycles. The van der Waals surface area contributed by atoms with Crippen molar-refractivity contribution in [3.8, 4) is 0 Å². The van der Waals surface area contributed by atoms with Gasteiger partial charge >= 0.3 is 6.03 Å². The Morgan fingerprint density at radius 3 is 2.95 bits per heavy atom. The largest absolute Gasteiger partial charge is 0.352 e. The summed E-state index contributed by atoms with van der Waals surface area (Å²) in [6, 6.07) is -0.426. The molecule has 0 spiro atoms. The van der Waals surface area contributed by atoms with Crippen molar-refractivity contribution in [3.05, 3.63) is 21.4 Å². The molecule has 1 saturated heterocycles. The summed E-state index contributed by atoms with van der Waals surface area (Å²) in [5.74, 6) is -0.0857. The number of aryl methyl sites for hydroxylation is 1. The quantitative estimate of drug-likeness (QED) is 0.894. The Hall–Kier alpha value is -1.56. The van der Waals surface area contributed by atoms with Crippen LogP contribution in [0.5, 0.6) is 0 Å². The first kappa shape index (κ1) is 15.3. The molecule has 1 aromatic rings. The summed E-state index contributed by atoms with van der Waals surface area (Å²) in [7, 11) is 0. The molecule has 0 aromatic carbocycles. The minimum atomic E-state index is -0.426. The maximum Gasteiger partial charge on any atom is 0.314 e. The summed E-state index contributed by atoms with van der Waals surface area (Å²) >= 11 is 1.82.